The van der Waals surface area contributed by atoms with Crippen molar-refractivity contribution in [1.29, 1.82) is 0 Å². The van der Waals surface area contributed by atoms with Gasteiger partial charge in [-0.25, -0.2) is 0 Å². The molecule has 0 bridgehead atoms. The predicted molar refractivity (Wildman–Crippen MR) is 80.0 cm³/mol. The Morgan fingerprint density at radius 1 is 0.857 bits per heavy atom. The minimum atomic E-state index is -1.06. The van der Waals surface area contributed by atoms with Gasteiger partial charge < -0.3 is 10.2 Å². The summed E-state index contributed by atoms with van der Waals surface area (Å²) in [6.07, 6.45) is 9.97. The van der Waals surface area contributed by atoms with E-state index in [1.807, 2.05) is 0 Å². The molecule has 4 nitrogen and oxygen atoms in total. The van der Waals surface area contributed by atoms with Gasteiger partial charge in [0.15, 0.2) is 0 Å². The molecule has 0 amide bonds. The first kappa shape index (κ1) is 16.3. The lowest BCUT2D eigenvalue weighted by molar-refractivity contribution is -0.176. The summed E-state index contributed by atoms with van der Waals surface area (Å²) in [7, 11) is 0. The van der Waals surface area contributed by atoms with Gasteiger partial charge >= 0.3 is 11.9 Å². The first-order valence-corrected chi connectivity index (χ1v) is 8.47. The molecule has 2 fully saturated rings. The third-order valence-corrected chi connectivity index (χ3v) is 6.02. The Balaban J connectivity index is 2.41. The van der Waals surface area contributed by atoms with Crippen LogP contribution in [0.3, 0.4) is 0 Å². The maximum absolute atomic E-state index is 12.3. The highest BCUT2D eigenvalue weighted by molar-refractivity contribution is 5.84. The molecule has 120 valence electrons. The number of carboxylic acids is 2. The fourth-order valence-corrected chi connectivity index (χ4v) is 4.94. The third-order valence-electron chi connectivity index (χ3n) is 6.02. The molecular weight excluding hydrogens is 268 g/mol. The van der Waals surface area contributed by atoms with Crippen molar-refractivity contribution in [2.75, 3.05) is 0 Å². The Kier molecular flexibility index (Phi) is 5.28. The number of carbonyl (C=O) groups is 2. The van der Waals surface area contributed by atoms with Crippen molar-refractivity contribution in [3.8, 4) is 0 Å². The van der Waals surface area contributed by atoms with Crippen molar-refractivity contribution in [1.82, 2.24) is 0 Å². The molecule has 0 aliphatic heterocycles. The van der Waals surface area contributed by atoms with Gasteiger partial charge in [-0.2, -0.15) is 0 Å². The van der Waals surface area contributed by atoms with Crippen LogP contribution in [0.4, 0.5) is 0 Å². The maximum Gasteiger partial charge on any atom is 0.311 e. The van der Waals surface area contributed by atoms with Crippen LogP contribution in [0.2, 0.25) is 0 Å². The van der Waals surface area contributed by atoms with Gasteiger partial charge in [-0.3, -0.25) is 9.59 Å². The third kappa shape index (κ3) is 2.95. The molecule has 0 saturated heterocycles. The molecule has 2 aliphatic carbocycles. The van der Waals surface area contributed by atoms with Gasteiger partial charge in [0.05, 0.1) is 11.3 Å². The lowest BCUT2D eigenvalue weighted by Crippen LogP contribution is -2.53. The molecule has 1 atom stereocenters. The molecule has 2 saturated carbocycles. The molecule has 4 heteroatoms. The molecule has 0 aromatic rings. The zero-order chi connectivity index (χ0) is 15.5. The highest BCUT2D eigenvalue weighted by atomic mass is 16.4. The molecule has 0 radical (unpaired) electrons. The zero-order valence-electron chi connectivity index (χ0n) is 13.0. The Morgan fingerprint density at radius 2 is 1.24 bits per heavy atom. The number of rotatable bonds is 5. The average molecular weight is 296 g/mol. The topological polar surface area (TPSA) is 74.6 Å². The van der Waals surface area contributed by atoms with Gasteiger partial charge in [-0.1, -0.05) is 45.4 Å². The highest BCUT2D eigenvalue weighted by Gasteiger charge is 2.57. The molecule has 2 N–H and O–H groups in total. The summed E-state index contributed by atoms with van der Waals surface area (Å²) in [4.78, 5) is 24.0. The SMILES string of the molecule is CC(C(=O)O)C(C(=O)O)(C1CCCCC1)C1CCCCC1. The molecule has 2 aliphatic rings. The van der Waals surface area contributed by atoms with Crippen LogP contribution < -0.4 is 0 Å². The lowest BCUT2D eigenvalue weighted by Gasteiger charge is -2.48. The smallest absolute Gasteiger partial charge is 0.311 e. The minimum absolute atomic E-state index is 0.0259. The van der Waals surface area contributed by atoms with E-state index in [4.69, 9.17) is 0 Å². The van der Waals surface area contributed by atoms with Crippen LogP contribution in [0.15, 0.2) is 0 Å². The van der Waals surface area contributed by atoms with Crippen LogP contribution in [-0.4, -0.2) is 22.2 Å². The van der Waals surface area contributed by atoms with E-state index in [-0.39, 0.29) is 11.8 Å². The summed E-state index contributed by atoms with van der Waals surface area (Å²) in [6.45, 7) is 1.62. The highest BCUT2D eigenvalue weighted by Crippen LogP contribution is 2.53. The van der Waals surface area contributed by atoms with Gasteiger partial charge in [0.2, 0.25) is 0 Å². The van der Waals surface area contributed by atoms with E-state index in [0.29, 0.717) is 0 Å². The molecule has 1 unspecified atom stereocenters. The summed E-state index contributed by atoms with van der Waals surface area (Å²) >= 11 is 0. The Bertz CT molecular complexity index is 360. The molecule has 2 rings (SSSR count). The van der Waals surface area contributed by atoms with Crippen molar-refractivity contribution in [2.45, 2.75) is 71.1 Å². The maximum atomic E-state index is 12.3. The van der Waals surface area contributed by atoms with Gasteiger partial charge in [0.25, 0.3) is 0 Å². The molecule has 0 aromatic carbocycles. The van der Waals surface area contributed by atoms with Crippen LogP contribution in [0.1, 0.15) is 71.1 Å². The summed E-state index contributed by atoms with van der Waals surface area (Å²) < 4.78 is 0. The molecule has 0 spiro atoms. The standard InChI is InChI=1S/C17H28O4/c1-12(15(18)19)17(16(20)21,13-8-4-2-5-9-13)14-10-6-3-7-11-14/h12-14H,2-11H2,1H3,(H,18,19)(H,20,21). The van der Waals surface area contributed by atoms with Gasteiger partial charge in [-0.15, -0.1) is 0 Å². The number of hydrogen-bond donors (Lipinski definition) is 2. The second-order valence-electron chi connectivity index (χ2n) is 6.97. The molecule has 21 heavy (non-hydrogen) atoms. The summed E-state index contributed by atoms with van der Waals surface area (Å²) in [5.41, 5.74) is -1.06. The fourth-order valence-electron chi connectivity index (χ4n) is 4.94. The quantitative estimate of drug-likeness (QED) is 0.806. The van der Waals surface area contributed by atoms with Crippen LogP contribution >= 0.6 is 0 Å². The second kappa shape index (κ2) is 6.80. The Morgan fingerprint density at radius 3 is 1.52 bits per heavy atom. The number of aliphatic carboxylic acids is 2. The first-order chi connectivity index (χ1) is 10.0. The van der Waals surface area contributed by atoms with Crippen molar-refractivity contribution < 1.29 is 19.8 Å². The normalized spacial score (nSPS) is 23.7. The van der Waals surface area contributed by atoms with E-state index >= 15 is 0 Å². The number of hydrogen-bond acceptors (Lipinski definition) is 2. The van der Waals surface area contributed by atoms with Gasteiger partial charge in [0, 0.05) is 0 Å². The van der Waals surface area contributed by atoms with E-state index in [0.717, 1.165) is 64.2 Å². The van der Waals surface area contributed by atoms with Crippen LogP contribution in [-0.2, 0) is 9.59 Å². The van der Waals surface area contributed by atoms with Crippen molar-refractivity contribution in [3.63, 3.8) is 0 Å². The van der Waals surface area contributed by atoms with Crippen LogP contribution in [0, 0.1) is 23.2 Å². The fraction of sp³-hybridized carbons (Fsp3) is 0.882. The van der Waals surface area contributed by atoms with E-state index in [1.165, 1.54) is 0 Å². The first-order valence-electron chi connectivity index (χ1n) is 8.47. The van der Waals surface area contributed by atoms with Gasteiger partial charge in [0.1, 0.15) is 0 Å². The van der Waals surface area contributed by atoms with Gasteiger partial charge in [-0.05, 0) is 37.5 Å². The van der Waals surface area contributed by atoms with Crippen molar-refractivity contribution >= 4 is 11.9 Å². The summed E-state index contributed by atoms with van der Waals surface area (Å²) in [5, 5.41) is 19.6. The zero-order valence-corrected chi connectivity index (χ0v) is 13.0. The second-order valence-corrected chi connectivity index (χ2v) is 6.97. The Labute approximate surface area is 126 Å². The van der Waals surface area contributed by atoms with E-state index in [9.17, 15) is 19.8 Å². The Hall–Kier alpha value is -1.06. The minimum Gasteiger partial charge on any atom is -0.481 e. The van der Waals surface area contributed by atoms with E-state index < -0.39 is 23.3 Å². The molecule has 0 heterocycles. The summed E-state index contributed by atoms with van der Waals surface area (Å²) in [6, 6.07) is 0. The largest absolute Gasteiger partial charge is 0.481 e. The lowest BCUT2D eigenvalue weighted by atomic mass is 9.54. The van der Waals surface area contributed by atoms with E-state index in [2.05, 4.69) is 0 Å². The number of carboxylic acid groups (broad SMARTS) is 2. The van der Waals surface area contributed by atoms with Crippen LogP contribution in [0.25, 0.3) is 0 Å². The average Bonchev–Trinajstić information content (AvgIpc) is 2.49. The van der Waals surface area contributed by atoms with Crippen LogP contribution in [0.5, 0.6) is 0 Å². The monoisotopic (exact) mass is 296 g/mol. The van der Waals surface area contributed by atoms with Crippen molar-refractivity contribution in [3.05, 3.63) is 0 Å². The molecule has 0 aromatic heterocycles. The predicted octanol–water partition coefficient (Wildman–Crippen LogP) is 3.94. The van der Waals surface area contributed by atoms with E-state index in [1.54, 1.807) is 6.92 Å². The summed E-state index contributed by atoms with van der Waals surface area (Å²) in [5.74, 6) is -2.57. The van der Waals surface area contributed by atoms with Crippen molar-refractivity contribution in [2.24, 2.45) is 23.2 Å². The molecular formula is C17H28O4.